The summed E-state index contributed by atoms with van der Waals surface area (Å²) in [5.41, 5.74) is 3.11. The number of carboxylic acids is 1. The van der Waals surface area contributed by atoms with E-state index in [-0.39, 0.29) is 11.3 Å². The summed E-state index contributed by atoms with van der Waals surface area (Å²) in [6, 6.07) is 9.54. The number of carbonyl (C=O) groups is 1. The Kier molecular flexibility index (Phi) is 5.60. The fourth-order valence-corrected chi connectivity index (χ4v) is 4.66. The van der Waals surface area contributed by atoms with Gasteiger partial charge in [0.1, 0.15) is 0 Å². The average Bonchev–Trinajstić information content (AvgIpc) is 2.61. The first-order valence-electron chi connectivity index (χ1n) is 9.62. The molecule has 0 aliphatic heterocycles. The summed E-state index contributed by atoms with van der Waals surface area (Å²) in [5, 5.41) is 13.0. The van der Waals surface area contributed by atoms with Gasteiger partial charge in [-0.05, 0) is 51.0 Å². The maximum atomic E-state index is 11.1. The Morgan fingerprint density at radius 2 is 1.88 bits per heavy atom. The van der Waals surface area contributed by atoms with Gasteiger partial charge in [-0.1, -0.05) is 49.1 Å². The van der Waals surface area contributed by atoms with E-state index in [0.717, 1.165) is 32.2 Å². The molecule has 2 N–H and O–H groups in total. The molecule has 2 aliphatic carbocycles. The van der Waals surface area contributed by atoms with Crippen LogP contribution in [-0.2, 0) is 10.2 Å². The van der Waals surface area contributed by atoms with Gasteiger partial charge in [-0.25, -0.2) is 0 Å². The summed E-state index contributed by atoms with van der Waals surface area (Å²) in [6.07, 6.45) is 10.2. The van der Waals surface area contributed by atoms with Gasteiger partial charge in [-0.3, -0.25) is 4.79 Å². The zero-order valence-electron chi connectivity index (χ0n) is 14.9. The maximum Gasteiger partial charge on any atom is 0.306 e. The van der Waals surface area contributed by atoms with E-state index in [2.05, 4.69) is 36.5 Å². The minimum Gasteiger partial charge on any atom is -0.481 e. The summed E-state index contributed by atoms with van der Waals surface area (Å²) in [7, 11) is 0. The molecule has 0 amide bonds. The second kappa shape index (κ2) is 7.69. The second-order valence-corrected chi connectivity index (χ2v) is 7.98. The lowest BCUT2D eigenvalue weighted by molar-refractivity contribution is -0.142. The summed E-state index contributed by atoms with van der Waals surface area (Å²) in [6.45, 7) is 3.22. The summed E-state index contributed by atoms with van der Waals surface area (Å²) < 4.78 is 0. The molecule has 1 aromatic carbocycles. The molecule has 3 heteroatoms. The topological polar surface area (TPSA) is 49.3 Å². The van der Waals surface area contributed by atoms with E-state index in [1.165, 1.54) is 43.2 Å². The van der Waals surface area contributed by atoms with E-state index in [4.69, 9.17) is 5.11 Å². The third-order valence-electron chi connectivity index (χ3n) is 6.25. The van der Waals surface area contributed by atoms with Crippen molar-refractivity contribution in [1.82, 2.24) is 5.32 Å². The largest absolute Gasteiger partial charge is 0.481 e. The van der Waals surface area contributed by atoms with Crippen LogP contribution in [0.15, 0.2) is 24.3 Å². The van der Waals surface area contributed by atoms with Gasteiger partial charge in [-0.2, -0.15) is 0 Å². The number of aliphatic carboxylic acids is 1. The summed E-state index contributed by atoms with van der Waals surface area (Å²) >= 11 is 0. The molecular weight excluding hydrogens is 298 g/mol. The van der Waals surface area contributed by atoms with E-state index in [9.17, 15) is 4.79 Å². The first-order chi connectivity index (χ1) is 11.6. The van der Waals surface area contributed by atoms with Crippen LogP contribution in [0.3, 0.4) is 0 Å². The lowest BCUT2D eigenvalue weighted by Crippen LogP contribution is -2.45. The fraction of sp³-hybridized carbons (Fsp3) is 0.667. The quantitative estimate of drug-likeness (QED) is 0.840. The minimum absolute atomic E-state index is 0.122. The molecule has 3 nitrogen and oxygen atoms in total. The average molecular weight is 329 g/mol. The van der Waals surface area contributed by atoms with Gasteiger partial charge < -0.3 is 10.4 Å². The summed E-state index contributed by atoms with van der Waals surface area (Å²) in [5.74, 6) is -0.736. The normalized spacial score (nSPS) is 26.9. The van der Waals surface area contributed by atoms with Gasteiger partial charge >= 0.3 is 5.97 Å². The zero-order chi connectivity index (χ0) is 17.0. The van der Waals surface area contributed by atoms with Crippen molar-refractivity contribution >= 4 is 5.97 Å². The van der Waals surface area contributed by atoms with Gasteiger partial charge in [0, 0.05) is 18.0 Å². The first kappa shape index (κ1) is 17.5. The standard InChI is InChI=1S/C21H31NO2/c1-16-6-5-7-18(14-16)21(12-3-2-4-13-21)15-22-19-10-8-17(9-11-19)20(23)24/h5-7,14,17,19,22H,2-4,8-13,15H2,1H3,(H,23,24). The van der Waals surface area contributed by atoms with Crippen LogP contribution >= 0.6 is 0 Å². The maximum absolute atomic E-state index is 11.1. The third kappa shape index (κ3) is 4.00. The minimum atomic E-state index is -0.614. The molecular formula is C21H31NO2. The fourth-order valence-electron chi connectivity index (χ4n) is 4.66. The van der Waals surface area contributed by atoms with Crippen LogP contribution in [-0.4, -0.2) is 23.7 Å². The lowest BCUT2D eigenvalue weighted by atomic mass is 9.69. The van der Waals surface area contributed by atoms with Gasteiger partial charge in [-0.15, -0.1) is 0 Å². The Morgan fingerprint density at radius 3 is 2.50 bits per heavy atom. The van der Waals surface area contributed by atoms with Crippen LogP contribution in [0, 0.1) is 12.8 Å². The van der Waals surface area contributed by atoms with Crippen molar-refractivity contribution in [3.8, 4) is 0 Å². The molecule has 0 bridgehead atoms. The van der Waals surface area contributed by atoms with Crippen molar-refractivity contribution in [2.24, 2.45) is 5.92 Å². The molecule has 0 atom stereocenters. The van der Waals surface area contributed by atoms with Crippen molar-refractivity contribution in [3.63, 3.8) is 0 Å². The van der Waals surface area contributed by atoms with Crippen LogP contribution < -0.4 is 5.32 Å². The molecule has 132 valence electrons. The highest BCUT2D eigenvalue weighted by Crippen LogP contribution is 2.39. The van der Waals surface area contributed by atoms with Crippen LogP contribution in [0.2, 0.25) is 0 Å². The molecule has 24 heavy (non-hydrogen) atoms. The van der Waals surface area contributed by atoms with Crippen molar-refractivity contribution in [1.29, 1.82) is 0 Å². The van der Waals surface area contributed by atoms with Crippen molar-refractivity contribution in [3.05, 3.63) is 35.4 Å². The van der Waals surface area contributed by atoms with Gasteiger partial charge in [0.05, 0.1) is 5.92 Å². The highest BCUT2D eigenvalue weighted by Gasteiger charge is 2.35. The predicted molar refractivity (Wildman–Crippen MR) is 97.3 cm³/mol. The number of rotatable bonds is 5. The van der Waals surface area contributed by atoms with Crippen LogP contribution in [0.4, 0.5) is 0 Å². The number of hydrogen-bond acceptors (Lipinski definition) is 2. The van der Waals surface area contributed by atoms with Crippen molar-refractivity contribution in [2.75, 3.05) is 6.54 Å². The SMILES string of the molecule is Cc1cccc(C2(CNC3CCC(C(=O)O)CC3)CCCCC2)c1. The van der Waals surface area contributed by atoms with E-state index in [1.807, 2.05) is 0 Å². The molecule has 1 aromatic rings. The Morgan fingerprint density at radius 1 is 1.17 bits per heavy atom. The molecule has 2 fully saturated rings. The van der Waals surface area contributed by atoms with Crippen LogP contribution in [0.1, 0.15) is 68.9 Å². The smallest absolute Gasteiger partial charge is 0.306 e. The monoisotopic (exact) mass is 329 g/mol. The number of nitrogens with one attached hydrogen (secondary N) is 1. The molecule has 0 spiro atoms. The summed E-state index contributed by atoms with van der Waals surface area (Å²) in [4.78, 5) is 11.1. The molecule has 2 saturated carbocycles. The van der Waals surface area contributed by atoms with Crippen molar-refractivity contribution < 1.29 is 9.90 Å². The highest BCUT2D eigenvalue weighted by atomic mass is 16.4. The van der Waals surface area contributed by atoms with Crippen LogP contribution in [0.5, 0.6) is 0 Å². The number of carboxylic acid groups (broad SMARTS) is 1. The molecule has 0 radical (unpaired) electrons. The Bertz CT molecular complexity index is 555. The number of hydrogen-bond donors (Lipinski definition) is 2. The van der Waals surface area contributed by atoms with E-state index < -0.39 is 5.97 Å². The number of benzene rings is 1. The Hall–Kier alpha value is -1.35. The zero-order valence-corrected chi connectivity index (χ0v) is 14.9. The molecule has 3 rings (SSSR count). The molecule has 0 unspecified atom stereocenters. The van der Waals surface area contributed by atoms with E-state index in [0.29, 0.717) is 6.04 Å². The first-order valence-corrected chi connectivity index (χ1v) is 9.62. The predicted octanol–water partition coefficient (Wildman–Crippen LogP) is 4.43. The number of aryl methyl sites for hydroxylation is 1. The Labute approximate surface area is 145 Å². The molecule has 0 heterocycles. The molecule has 0 saturated heterocycles. The third-order valence-corrected chi connectivity index (χ3v) is 6.25. The lowest BCUT2D eigenvalue weighted by Gasteiger charge is -2.40. The van der Waals surface area contributed by atoms with Gasteiger partial charge in [0.25, 0.3) is 0 Å². The van der Waals surface area contributed by atoms with E-state index >= 15 is 0 Å². The Balaban J connectivity index is 1.64. The second-order valence-electron chi connectivity index (χ2n) is 7.98. The highest BCUT2D eigenvalue weighted by molar-refractivity contribution is 5.70. The van der Waals surface area contributed by atoms with Crippen molar-refractivity contribution in [2.45, 2.75) is 76.2 Å². The van der Waals surface area contributed by atoms with Gasteiger partial charge in [0.2, 0.25) is 0 Å². The molecule has 2 aliphatic rings. The van der Waals surface area contributed by atoms with Crippen LogP contribution in [0.25, 0.3) is 0 Å². The van der Waals surface area contributed by atoms with E-state index in [1.54, 1.807) is 0 Å². The molecule has 0 aromatic heterocycles. The van der Waals surface area contributed by atoms with Gasteiger partial charge in [0.15, 0.2) is 0 Å².